The molecule has 1 aromatic rings. The molecule has 6 nitrogen and oxygen atoms in total. The lowest BCUT2D eigenvalue weighted by Gasteiger charge is -2.09. The van der Waals surface area contributed by atoms with E-state index < -0.39 is 15.7 Å². The molecule has 1 rings (SSSR count). The molecule has 0 bridgehead atoms. The lowest BCUT2D eigenvalue weighted by Crippen LogP contribution is -2.17. The molecule has 94 valence electrons. The normalized spacial score (nSPS) is 11.1. The Hall–Kier alpha value is -1.76. The van der Waals surface area contributed by atoms with Crippen molar-refractivity contribution in [3.05, 3.63) is 18.2 Å². The second-order valence-corrected chi connectivity index (χ2v) is 5.52. The number of hydrogen-bond acceptors (Lipinski definition) is 5. The molecule has 4 N–H and O–H groups in total. The van der Waals surface area contributed by atoms with E-state index >= 15 is 0 Å². The Morgan fingerprint density at radius 3 is 2.59 bits per heavy atom. The predicted molar refractivity (Wildman–Crippen MR) is 63.3 cm³/mol. The number of carbonyl (C=O) groups excluding carboxylic acids is 1. The second-order valence-electron chi connectivity index (χ2n) is 3.45. The predicted octanol–water partition coefficient (Wildman–Crippen LogP) is -0.0735. The zero-order valence-corrected chi connectivity index (χ0v) is 10.2. The van der Waals surface area contributed by atoms with Crippen molar-refractivity contribution in [3.8, 4) is 5.75 Å². The van der Waals surface area contributed by atoms with E-state index in [2.05, 4.69) is 0 Å². The average molecular weight is 258 g/mol. The smallest absolute Gasteiger partial charge is 0.218 e. The van der Waals surface area contributed by atoms with Crippen LogP contribution in [0.1, 0.15) is 6.42 Å². The second kappa shape index (κ2) is 5.05. The molecular formula is C10H14N2O4S. The van der Waals surface area contributed by atoms with Crippen LogP contribution in [0.15, 0.2) is 23.1 Å². The topological polar surface area (TPSA) is 112 Å². The molecule has 0 atom stereocenters. The minimum absolute atomic E-state index is 0.00968. The molecule has 1 amide bonds. The van der Waals surface area contributed by atoms with Gasteiger partial charge in [-0.1, -0.05) is 0 Å². The first kappa shape index (κ1) is 13.3. The van der Waals surface area contributed by atoms with E-state index in [1.165, 1.54) is 25.3 Å². The maximum absolute atomic E-state index is 11.9. The molecule has 1 aromatic carbocycles. The first-order chi connectivity index (χ1) is 7.86. The van der Waals surface area contributed by atoms with Gasteiger partial charge in [0, 0.05) is 18.2 Å². The lowest BCUT2D eigenvalue weighted by atomic mass is 10.3. The molecule has 0 aliphatic rings. The molecule has 0 saturated carbocycles. The number of primary amides is 1. The minimum atomic E-state index is -3.60. The monoisotopic (exact) mass is 258 g/mol. The third-order valence-electron chi connectivity index (χ3n) is 2.14. The van der Waals surface area contributed by atoms with Crippen molar-refractivity contribution in [1.29, 1.82) is 0 Å². The van der Waals surface area contributed by atoms with Gasteiger partial charge < -0.3 is 16.2 Å². The standard InChI is InChI=1S/C10H14N2O4S/c1-16-8-6-7(11)2-3-9(8)17(14,15)5-4-10(12)13/h2-3,6H,4-5,11H2,1H3,(H2,12,13). The van der Waals surface area contributed by atoms with Crippen molar-refractivity contribution >= 4 is 21.4 Å². The van der Waals surface area contributed by atoms with Crippen molar-refractivity contribution in [2.75, 3.05) is 18.6 Å². The molecule has 0 spiro atoms. The lowest BCUT2D eigenvalue weighted by molar-refractivity contribution is -0.117. The number of sulfone groups is 1. The zero-order valence-electron chi connectivity index (χ0n) is 9.34. The number of carbonyl (C=O) groups is 1. The summed E-state index contributed by atoms with van der Waals surface area (Å²) in [6.07, 6.45) is -0.226. The van der Waals surface area contributed by atoms with E-state index in [1.54, 1.807) is 0 Å². The number of rotatable bonds is 5. The molecule has 0 aliphatic heterocycles. The maximum atomic E-state index is 11.9. The Kier molecular flexibility index (Phi) is 3.95. The van der Waals surface area contributed by atoms with Crippen LogP contribution >= 0.6 is 0 Å². The number of hydrogen-bond donors (Lipinski definition) is 2. The summed E-state index contributed by atoms with van der Waals surface area (Å²) < 4.78 is 28.7. The summed E-state index contributed by atoms with van der Waals surface area (Å²) in [7, 11) is -2.25. The number of nitrogen functional groups attached to an aromatic ring is 1. The Morgan fingerprint density at radius 2 is 2.06 bits per heavy atom. The van der Waals surface area contributed by atoms with Gasteiger partial charge in [0.1, 0.15) is 10.6 Å². The highest BCUT2D eigenvalue weighted by Crippen LogP contribution is 2.27. The highest BCUT2D eigenvalue weighted by Gasteiger charge is 2.20. The third kappa shape index (κ3) is 3.35. The summed E-state index contributed by atoms with van der Waals surface area (Å²) >= 11 is 0. The molecule has 0 unspecified atom stereocenters. The van der Waals surface area contributed by atoms with Crippen molar-refractivity contribution in [2.24, 2.45) is 5.73 Å². The Morgan fingerprint density at radius 1 is 1.41 bits per heavy atom. The van der Waals surface area contributed by atoms with Gasteiger partial charge in [-0.25, -0.2) is 8.42 Å². The molecule has 0 heterocycles. The number of nitrogens with two attached hydrogens (primary N) is 2. The van der Waals surface area contributed by atoms with E-state index in [0.29, 0.717) is 5.69 Å². The van der Waals surface area contributed by atoms with Crippen molar-refractivity contribution in [3.63, 3.8) is 0 Å². The highest BCUT2D eigenvalue weighted by molar-refractivity contribution is 7.91. The van der Waals surface area contributed by atoms with Crippen molar-refractivity contribution < 1.29 is 17.9 Å². The van der Waals surface area contributed by atoms with Gasteiger partial charge >= 0.3 is 0 Å². The first-order valence-electron chi connectivity index (χ1n) is 4.81. The molecule has 0 radical (unpaired) electrons. The summed E-state index contributed by atoms with van der Waals surface area (Å²) in [5, 5.41) is 0. The van der Waals surface area contributed by atoms with Crippen LogP contribution in [0.4, 0.5) is 5.69 Å². The van der Waals surface area contributed by atoms with Crippen LogP contribution in [0.3, 0.4) is 0 Å². The highest BCUT2D eigenvalue weighted by atomic mass is 32.2. The van der Waals surface area contributed by atoms with Gasteiger partial charge in [0.05, 0.1) is 12.9 Å². The van der Waals surface area contributed by atoms with Gasteiger partial charge in [-0.05, 0) is 12.1 Å². The fourth-order valence-electron chi connectivity index (χ4n) is 1.29. The quantitative estimate of drug-likeness (QED) is 0.718. The molecule has 0 aromatic heterocycles. The largest absolute Gasteiger partial charge is 0.495 e. The van der Waals surface area contributed by atoms with Crippen LogP contribution < -0.4 is 16.2 Å². The molecule has 17 heavy (non-hydrogen) atoms. The van der Waals surface area contributed by atoms with Crippen molar-refractivity contribution in [1.82, 2.24) is 0 Å². The fraction of sp³-hybridized carbons (Fsp3) is 0.300. The number of ether oxygens (including phenoxy) is 1. The van der Waals surface area contributed by atoms with Crippen molar-refractivity contribution in [2.45, 2.75) is 11.3 Å². The van der Waals surface area contributed by atoms with Crippen LogP contribution in [0, 0.1) is 0 Å². The summed E-state index contributed by atoms with van der Waals surface area (Å²) in [4.78, 5) is 10.6. The molecule has 7 heteroatoms. The van der Waals surface area contributed by atoms with Gasteiger partial charge in [0.2, 0.25) is 5.91 Å². The van der Waals surface area contributed by atoms with E-state index in [-0.39, 0.29) is 22.8 Å². The number of amides is 1. The average Bonchev–Trinajstić information content (AvgIpc) is 2.26. The number of methoxy groups -OCH3 is 1. The molecular weight excluding hydrogens is 244 g/mol. The molecule has 0 fully saturated rings. The number of benzene rings is 1. The van der Waals surface area contributed by atoms with Crippen LogP contribution in [-0.4, -0.2) is 27.2 Å². The van der Waals surface area contributed by atoms with Gasteiger partial charge in [-0.2, -0.15) is 0 Å². The first-order valence-corrected chi connectivity index (χ1v) is 6.46. The summed E-state index contributed by atoms with van der Waals surface area (Å²) in [5.74, 6) is -0.847. The SMILES string of the molecule is COc1cc(N)ccc1S(=O)(=O)CCC(N)=O. The summed E-state index contributed by atoms with van der Waals surface area (Å²) in [6.45, 7) is 0. The van der Waals surface area contributed by atoms with Crippen LogP contribution in [0.5, 0.6) is 5.75 Å². The van der Waals surface area contributed by atoms with E-state index in [9.17, 15) is 13.2 Å². The number of anilines is 1. The van der Waals surface area contributed by atoms with Gasteiger partial charge in [-0.3, -0.25) is 4.79 Å². The van der Waals surface area contributed by atoms with Crippen LogP contribution in [0.25, 0.3) is 0 Å². The van der Waals surface area contributed by atoms with E-state index in [1.807, 2.05) is 0 Å². The Balaban J connectivity index is 3.10. The molecule has 0 aliphatic carbocycles. The summed E-state index contributed by atoms with van der Waals surface area (Å²) in [6, 6.07) is 4.22. The minimum Gasteiger partial charge on any atom is -0.495 e. The fourth-order valence-corrected chi connectivity index (χ4v) is 2.70. The van der Waals surface area contributed by atoms with Gasteiger partial charge in [0.15, 0.2) is 9.84 Å². The van der Waals surface area contributed by atoms with E-state index in [4.69, 9.17) is 16.2 Å². The Bertz CT molecular complexity index is 525. The Labute approximate surface area is 99.5 Å². The van der Waals surface area contributed by atoms with Crippen LogP contribution in [-0.2, 0) is 14.6 Å². The van der Waals surface area contributed by atoms with Gasteiger partial charge in [0.25, 0.3) is 0 Å². The van der Waals surface area contributed by atoms with Gasteiger partial charge in [-0.15, -0.1) is 0 Å². The third-order valence-corrected chi connectivity index (χ3v) is 3.89. The zero-order chi connectivity index (χ0) is 13.1. The summed E-state index contributed by atoms with van der Waals surface area (Å²) in [5.41, 5.74) is 10.8. The molecule has 0 saturated heterocycles. The van der Waals surface area contributed by atoms with E-state index in [0.717, 1.165) is 0 Å². The van der Waals surface area contributed by atoms with Crippen LogP contribution in [0.2, 0.25) is 0 Å². The maximum Gasteiger partial charge on any atom is 0.218 e.